The first-order chi connectivity index (χ1) is 18.3. The molecule has 5 rings (SSSR count). The average Bonchev–Trinajstić information content (AvgIpc) is 3.22. The number of hydrogen-bond acceptors (Lipinski definition) is 4. The predicted octanol–water partition coefficient (Wildman–Crippen LogP) is 5.99. The van der Waals surface area contributed by atoms with Gasteiger partial charge in [-0.05, 0) is 52.4 Å². The second-order valence-electron chi connectivity index (χ2n) is 11.3. The topological polar surface area (TPSA) is 53.6 Å². The minimum atomic E-state index is -1.55. The fourth-order valence-electron chi connectivity index (χ4n) is 5.26. The molecule has 3 aromatic rings. The standard InChI is InChI=1S/C32H37N3O2Si/c1-23-24(13-18-38(2,3)4)19-26(20-25(23)21-35-16-14-33-15-17-35)34-32(36)37-22-31-29-11-7-5-9-27(29)28-10-6-8-12-30(28)31/h5-12,19-20,31,33H,14-17,21-22H2,1-4H3,(H,34,36). The molecule has 0 atom stereocenters. The van der Waals surface area contributed by atoms with Crippen LogP contribution < -0.4 is 10.6 Å². The van der Waals surface area contributed by atoms with Crippen LogP contribution in [0.1, 0.15) is 33.7 Å². The molecule has 196 valence electrons. The van der Waals surface area contributed by atoms with E-state index in [0.29, 0.717) is 6.61 Å². The number of amides is 1. The Kier molecular flexibility index (Phi) is 7.71. The summed E-state index contributed by atoms with van der Waals surface area (Å²) < 4.78 is 5.82. The van der Waals surface area contributed by atoms with Crippen LogP contribution in [0.25, 0.3) is 11.1 Å². The molecule has 3 aromatic carbocycles. The molecular formula is C32H37N3O2Si. The maximum atomic E-state index is 13.0. The Balaban J connectivity index is 1.34. The van der Waals surface area contributed by atoms with E-state index in [-0.39, 0.29) is 5.92 Å². The fraction of sp³-hybridized carbons (Fsp3) is 0.344. The number of rotatable bonds is 5. The number of piperazine rings is 1. The van der Waals surface area contributed by atoms with Crippen LogP contribution in [-0.2, 0) is 11.3 Å². The Morgan fingerprint density at radius 1 is 1.03 bits per heavy atom. The molecule has 0 saturated carbocycles. The Labute approximate surface area is 227 Å². The Morgan fingerprint density at radius 2 is 1.66 bits per heavy atom. The number of fused-ring (bicyclic) bond motifs is 3. The molecule has 1 aliphatic carbocycles. The van der Waals surface area contributed by atoms with Crippen LogP contribution in [-0.4, -0.2) is 51.9 Å². The minimum Gasteiger partial charge on any atom is -0.448 e. The number of carbonyl (C=O) groups is 1. The van der Waals surface area contributed by atoms with Crippen LogP contribution in [0.5, 0.6) is 0 Å². The highest BCUT2D eigenvalue weighted by Gasteiger charge is 2.29. The van der Waals surface area contributed by atoms with Gasteiger partial charge in [-0.1, -0.05) is 74.1 Å². The lowest BCUT2D eigenvalue weighted by Gasteiger charge is -2.28. The minimum absolute atomic E-state index is 0.0348. The van der Waals surface area contributed by atoms with Crippen LogP contribution in [0.4, 0.5) is 10.5 Å². The maximum Gasteiger partial charge on any atom is 0.411 e. The van der Waals surface area contributed by atoms with Crippen molar-refractivity contribution >= 4 is 19.9 Å². The summed E-state index contributed by atoms with van der Waals surface area (Å²) >= 11 is 0. The summed E-state index contributed by atoms with van der Waals surface area (Å²) in [5, 5.41) is 6.43. The van der Waals surface area contributed by atoms with Crippen LogP contribution in [0.15, 0.2) is 60.7 Å². The van der Waals surface area contributed by atoms with Gasteiger partial charge in [-0.25, -0.2) is 4.79 Å². The van der Waals surface area contributed by atoms with Crippen molar-refractivity contribution in [2.24, 2.45) is 0 Å². The molecule has 1 fully saturated rings. The van der Waals surface area contributed by atoms with Gasteiger partial charge in [0.25, 0.3) is 0 Å². The van der Waals surface area contributed by atoms with Crippen molar-refractivity contribution in [1.82, 2.24) is 10.2 Å². The van der Waals surface area contributed by atoms with E-state index in [4.69, 9.17) is 4.74 Å². The van der Waals surface area contributed by atoms with Gasteiger partial charge in [0.05, 0.1) is 0 Å². The van der Waals surface area contributed by atoms with Gasteiger partial charge in [-0.15, -0.1) is 5.54 Å². The molecule has 0 spiro atoms. The van der Waals surface area contributed by atoms with Gasteiger partial charge in [-0.2, -0.15) is 0 Å². The molecule has 2 N–H and O–H groups in total. The van der Waals surface area contributed by atoms with Crippen molar-refractivity contribution in [1.29, 1.82) is 0 Å². The van der Waals surface area contributed by atoms with E-state index in [1.165, 1.54) is 33.4 Å². The van der Waals surface area contributed by atoms with E-state index < -0.39 is 14.2 Å². The third kappa shape index (κ3) is 6.02. The van der Waals surface area contributed by atoms with Crippen molar-refractivity contribution in [3.63, 3.8) is 0 Å². The van der Waals surface area contributed by atoms with Gasteiger partial charge in [-0.3, -0.25) is 10.2 Å². The van der Waals surface area contributed by atoms with E-state index in [1.54, 1.807) is 0 Å². The van der Waals surface area contributed by atoms with Crippen LogP contribution in [0, 0.1) is 18.4 Å². The van der Waals surface area contributed by atoms with Gasteiger partial charge >= 0.3 is 6.09 Å². The van der Waals surface area contributed by atoms with E-state index in [2.05, 4.69) is 96.0 Å². The first-order valence-corrected chi connectivity index (χ1v) is 17.0. The second kappa shape index (κ2) is 11.2. The molecule has 0 radical (unpaired) electrons. The van der Waals surface area contributed by atoms with Crippen molar-refractivity contribution in [2.75, 3.05) is 38.1 Å². The molecule has 5 nitrogen and oxygen atoms in total. The zero-order valence-electron chi connectivity index (χ0n) is 22.9. The van der Waals surface area contributed by atoms with Crippen molar-refractivity contribution < 1.29 is 9.53 Å². The normalized spacial score (nSPS) is 15.3. The molecule has 38 heavy (non-hydrogen) atoms. The largest absolute Gasteiger partial charge is 0.448 e. The lowest BCUT2D eigenvalue weighted by atomic mass is 9.98. The number of hydrogen-bond donors (Lipinski definition) is 2. The summed E-state index contributed by atoms with van der Waals surface area (Å²) in [6, 6.07) is 20.8. The Bertz CT molecular complexity index is 1350. The van der Waals surface area contributed by atoms with E-state index in [0.717, 1.165) is 44.0 Å². The zero-order valence-corrected chi connectivity index (χ0v) is 23.9. The number of ether oxygens (including phenoxy) is 1. The average molecular weight is 524 g/mol. The highest BCUT2D eigenvalue weighted by molar-refractivity contribution is 6.83. The van der Waals surface area contributed by atoms with E-state index >= 15 is 0 Å². The molecule has 0 bridgehead atoms. The fourth-order valence-corrected chi connectivity index (χ4v) is 5.77. The highest BCUT2D eigenvalue weighted by Crippen LogP contribution is 2.44. The molecular weight excluding hydrogens is 486 g/mol. The molecule has 2 aliphatic rings. The molecule has 1 amide bonds. The van der Waals surface area contributed by atoms with Gasteiger partial charge in [0.1, 0.15) is 14.7 Å². The Morgan fingerprint density at radius 3 is 2.29 bits per heavy atom. The summed E-state index contributed by atoms with van der Waals surface area (Å²) in [5.41, 5.74) is 12.4. The smallest absolute Gasteiger partial charge is 0.411 e. The Hall–Kier alpha value is -3.37. The molecule has 6 heteroatoms. The van der Waals surface area contributed by atoms with Gasteiger partial charge in [0, 0.05) is 49.9 Å². The quantitative estimate of drug-likeness (QED) is 0.319. The van der Waals surface area contributed by atoms with E-state index in [1.807, 2.05) is 18.2 Å². The van der Waals surface area contributed by atoms with Crippen molar-refractivity contribution in [2.45, 2.75) is 39.0 Å². The SMILES string of the molecule is Cc1c(C#C[Si](C)(C)C)cc(NC(=O)OCC2c3ccccc3-c3ccccc32)cc1CN1CCNCC1. The second-order valence-corrected chi connectivity index (χ2v) is 16.0. The lowest BCUT2D eigenvalue weighted by Crippen LogP contribution is -2.43. The van der Waals surface area contributed by atoms with E-state index in [9.17, 15) is 4.79 Å². The van der Waals surface area contributed by atoms with Crippen LogP contribution >= 0.6 is 0 Å². The van der Waals surface area contributed by atoms with Gasteiger partial charge < -0.3 is 10.1 Å². The third-order valence-corrected chi connectivity index (χ3v) is 8.16. The first kappa shape index (κ1) is 26.2. The molecule has 1 aliphatic heterocycles. The summed E-state index contributed by atoms with van der Waals surface area (Å²) in [4.78, 5) is 15.5. The number of nitrogens with zero attached hydrogens (tertiary/aromatic N) is 1. The number of anilines is 1. The summed E-state index contributed by atoms with van der Waals surface area (Å²) in [6.45, 7) is 14.0. The highest BCUT2D eigenvalue weighted by atomic mass is 28.3. The molecule has 0 aromatic heterocycles. The summed E-state index contributed by atoms with van der Waals surface area (Å²) in [6.07, 6.45) is -0.437. The summed E-state index contributed by atoms with van der Waals surface area (Å²) in [5.74, 6) is 3.47. The first-order valence-electron chi connectivity index (χ1n) is 13.5. The van der Waals surface area contributed by atoms with Crippen LogP contribution in [0.2, 0.25) is 19.6 Å². The number of nitrogens with one attached hydrogen (secondary N) is 2. The number of carbonyl (C=O) groups excluding carboxylic acids is 1. The molecule has 1 saturated heterocycles. The lowest BCUT2D eigenvalue weighted by molar-refractivity contribution is 0.158. The summed E-state index contributed by atoms with van der Waals surface area (Å²) in [7, 11) is -1.55. The van der Waals surface area contributed by atoms with Gasteiger partial charge in [0.2, 0.25) is 0 Å². The predicted molar refractivity (Wildman–Crippen MR) is 158 cm³/mol. The molecule has 0 unspecified atom stereocenters. The third-order valence-electron chi connectivity index (χ3n) is 7.28. The monoisotopic (exact) mass is 523 g/mol. The van der Waals surface area contributed by atoms with Crippen LogP contribution in [0.3, 0.4) is 0 Å². The molecule has 1 heterocycles. The zero-order chi connectivity index (χ0) is 26.7. The van der Waals surface area contributed by atoms with Crippen molar-refractivity contribution in [3.05, 3.63) is 88.5 Å². The maximum absolute atomic E-state index is 13.0. The van der Waals surface area contributed by atoms with Gasteiger partial charge in [0.15, 0.2) is 0 Å². The van der Waals surface area contributed by atoms with Crippen molar-refractivity contribution in [3.8, 4) is 22.6 Å². The number of benzene rings is 3.